The molecular weight excluding hydrogens is 427 g/mol. The number of rotatable bonds is 8. The Bertz CT molecular complexity index is 905. The van der Waals surface area contributed by atoms with Crippen LogP contribution in [0.3, 0.4) is 0 Å². The lowest BCUT2D eigenvalue weighted by atomic mass is 10.0. The van der Waals surface area contributed by atoms with E-state index >= 15 is 0 Å². The summed E-state index contributed by atoms with van der Waals surface area (Å²) in [6, 6.07) is 1.67. The summed E-state index contributed by atoms with van der Waals surface area (Å²) in [5, 5.41) is 18.9. The molecule has 168 valence electrons. The Morgan fingerprint density at radius 1 is 1.42 bits per heavy atom. The molecule has 3 heterocycles. The second kappa shape index (κ2) is 10.2. The highest BCUT2D eigenvalue weighted by Gasteiger charge is 2.27. The third-order valence-electron chi connectivity index (χ3n) is 4.79. The number of aliphatic hydroxyl groups is 1. The van der Waals surface area contributed by atoms with Crippen LogP contribution in [0.15, 0.2) is 24.8 Å². The molecule has 0 aromatic carbocycles. The van der Waals surface area contributed by atoms with Gasteiger partial charge in [-0.05, 0) is 26.7 Å². The Morgan fingerprint density at radius 2 is 2.23 bits per heavy atom. The molecule has 2 aromatic heterocycles. The number of halogens is 2. The molecule has 2 atom stereocenters. The van der Waals surface area contributed by atoms with Crippen LogP contribution in [-0.4, -0.2) is 63.5 Å². The fourth-order valence-corrected chi connectivity index (χ4v) is 3.10. The van der Waals surface area contributed by atoms with Gasteiger partial charge in [0.1, 0.15) is 23.3 Å². The third kappa shape index (κ3) is 6.46. The lowest BCUT2D eigenvalue weighted by molar-refractivity contribution is -0.00177. The van der Waals surface area contributed by atoms with Crippen molar-refractivity contribution in [2.24, 2.45) is 0 Å². The second-order valence-electron chi connectivity index (χ2n) is 7.85. The molecule has 1 aliphatic rings. The fourth-order valence-electron chi connectivity index (χ4n) is 2.95. The summed E-state index contributed by atoms with van der Waals surface area (Å²) in [7, 11) is 0. The average molecular weight is 453 g/mol. The minimum atomic E-state index is -1.62. The topological polar surface area (TPSA) is 121 Å². The number of hydrogen-bond acceptors (Lipinski definition) is 8. The van der Waals surface area contributed by atoms with Crippen LogP contribution in [0.2, 0.25) is 5.02 Å². The molecule has 9 nitrogen and oxygen atoms in total. The number of hydrogen-bond donors (Lipinski definition) is 4. The molecule has 2 unspecified atom stereocenters. The van der Waals surface area contributed by atoms with Gasteiger partial charge < -0.3 is 25.8 Å². The van der Waals surface area contributed by atoms with Crippen LogP contribution in [-0.2, 0) is 4.74 Å². The minimum Gasteiger partial charge on any atom is -0.387 e. The van der Waals surface area contributed by atoms with Crippen LogP contribution in [0.25, 0.3) is 0 Å². The van der Waals surface area contributed by atoms with E-state index in [0.717, 1.165) is 12.8 Å². The van der Waals surface area contributed by atoms with Crippen molar-refractivity contribution >= 4 is 34.8 Å². The molecule has 3 rings (SSSR count). The lowest BCUT2D eigenvalue weighted by Gasteiger charge is -2.26. The number of nitrogens with one attached hydrogen (secondary N) is 3. The van der Waals surface area contributed by atoms with Gasteiger partial charge in [-0.1, -0.05) is 11.6 Å². The summed E-state index contributed by atoms with van der Waals surface area (Å²) in [6.45, 7) is 3.58. The second-order valence-corrected chi connectivity index (χ2v) is 8.26. The summed E-state index contributed by atoms with van der Waals surface area (Å²) >= 11 is 6.09. The molecule has 1 amide bonds. The standard InChI is InChI=1S/C20H26ClFN6O3/c1-20(2,30)16(22)9-25-19(29)13-7-24-17(28-18-14(21)8-23-11-26-18)6-15(13)27-12-4-3-5-31-10-12/h6-8,11-12,16,30H,3-5,9-10H2,1-2H3,(H,25,29)(H2,23,24,26,27,28). The van der Waals surface area contributed by atoms with Crippen LogP contribution >= 0.6 is 11.6 Å². The first kappa shape index (κ1) is 23.1. The third-order valence-corrected chi connectivity index (χ3v) is 5.07. The van der Waals surface area contributed by atoms with E-state index in [1.165, 1.54) is 32.6 Å². The zero-order valence-electron chi connectivity index (χ0n) is 17.4. The number of aromatic nitrogens is 3. The lowest BCUT2D eigenvalue weighted by Crippen LogP contribution is -2.42. The smallest absolute Gasteiger partial charge is 0.255 e. The van der Waals surface area contributed by atoms with E-state index in [1.54, 1.807) is 6.07 Å². The zero-order valence-corrected chi connectivity index (χ0v) is 18.1. The summed E-state index contributed by atoms with van der Waals surface area (Å²) in [5.74, 6) is 0.278. The molecule has 2 aromatic rings. The highest BCUT2D eigenvalue weighted by Crippen LogP contribution is 2.26. The van der Waals surface area contributed by atoms with Gasteiger partial charge in [0.2, 0.25) is 0 Å². The Balaban J connectivity index is 1.81. The first-order valence-corrected chi connectivity index (χ1v) is 10.3. The predicted molar refractivity (Wildman–Crippen MR) is 116 cm³/mol. The number of anilines is 3. The number of alkyl halides is 1. The van der Waals surface area contributed by atoms with Crippen LogP contribution in [0.5, 0.6) is 0 Å². The van der Waals surface area contributed by atoms with E-state index in [9.17, 15) is 14.3 Å². The van der Waals surface area contributed by atoms with Crippen LogP contribution in [0.4, 0.5) is 21.7 Å². The molecular formula is C20H26ClFN6O3. The predicted octanol–water partition coefficient (Wildman–Crippen LogP) is 2.70. The Hall–Kier alpha value is -2.56. The quantitative estimate of drug-likeness (QED) is 0.482. The van der Waals surface area contributed by atoms with Gasteiger partial charge in [0, 0.05) is 24.9 Å². The number of ether oxygens (including phenoxy) is 1. The van der Waals surface area contributed by atoms with E-state index in [1.807, 2.05) is 0 Å². The number of carbonyl (C=O) groups excluding carboxylic acids is 1. The maximum Gasteiger partial charge on any atom is 0.255 e. The minimum absolute atomic E-state index is 0.0171. The molecule has 1 fully saturated rings. The Kier molecular flexibility index (Phi) is 7.58. The monoisotopic (exact) mass is 452 g/mol. The zero-order chi connectivity index (χ0) is 22.4. The van der Waals surface area contributed by atoms with Crippen LogP contribution in [0.1, 0.15) is 37.0 Å². The van der Waals surface area contributed by atoms with Crippen molar-refractivity contribution in [3.63, 3.8) is 0 Å². The average Bonchev–Trinajstić information content (AvgIpc) is 2.73. The summed E-state index contributed by atoms with van der Waals surface area (Å²) in [6.07, 6.45) is 4.36. The first-order chi connectivity index (χ1) is 14.7. The molecule has 1 aliphatic heterocycles. The molecule has 11 heteroatoms. The van der Waals surface area contributed by atoms with Crippen molar-refractivity contribution in [3.8, 4) is 0 Å². The molecule has 0 spiro atoms. The van der Waals surface area contributed by atoms with Gasteiger partial charge in [-0.3, -0.25) is 4.79 Å². The summed E-state index contributed by atoms with van der Waals surface area (Å²) in [5.41, 5.74) is -0.807. The Labute approximate surface area is 184 Å². The maximum absolute atomic E-state index is 14.1. The molecule has 0 bridgehead atoms. The van der Waals surface area contributed by atoms with Crippen molar-refractivity contribution in [3.05, 3.63) is 35.4 Å². The molecule has 1 saturated heterocycles. The largest absolute Gasteiger partial charge is 0.387 e. The summed E-state index contributed by atoms with van der Waals surface area (Å²) < 4.78 is 19.6. The fraction of sp³-hybridized carbons (Fsp3) is 0.500. The SMILES string of the molecule is CC(C)(O)C(F)CNC(=O)c1cnc(Nc2ncncc2Cl)cc1NC1CCCOC1. The number of pyridine rings is 1. The van der Waals surface area contributed by atoms with Gasteiger partial charge in [0.25, 0.3) is 5.91 Å². The van der Waals surface area contributed by atoms with Crippen molar-refractivity contribution in [2.75, 3.05) is 30.4 Å². The van der Waals surface area contributed by atoms with Crippen molar-refractivity contribution in [1.82, 2.24) is 20.3 Å². The highest BCUT2D eigenvalue weighted by atomic mass is 35.5. The van der Waals surface area contributed by atoms with Gasteiger partial charge in [-0.15, -0.1) is 0 Å². The first-order valence-electron chi connectivity index (χ1n) is 9.95. The molecule has 31 heavy (non-hydrogen) atoms. The van der Waals surface area contributed by atoms with E-state index in [-0.39, 0.29) is 18.2 Å². The van der Waals surface area contributed by atoms with Crippen molar-refractivity contribution in [1.29, 1.82) is 0 Å². The number of nitrogens with zero attached hydrogens (tertiary/aromatic N) is 3. The molecule has 0 aliphatic carbocycles. The number of carbonyl (C=O) groups is 1. The van der Waals surface area contributed by atoms with Gasteiger partial charge in [-0.25, -0.2) is 19.3 Å². The van der Waals surface area contributed by atoms with Gasteiger partial charge >= 0.3 is 0 Å². The molecule has 0 saturated carbocycles. The van der Waals surface area contributed by atoms with E-state index < -0.39 is 17.7 Å². The maximum atomic E-state index is 14.1. The van der Waals surface area contributed by atoms with E-state index in [4.69, 9.17) is 16.3 Å². The van der Waals surface area contributed by atoms with Crippen molar-refractivity contribution in [2.45, 2.75) is 44.5 Å². The Morgan fingerprint density at radius 3 is 2.90 bits per heavy atom. The van der Waals surface area contributed by atoms with Crippen LogP contribution in [0, 0.1) is 0 Å². The number of amides is 1. The van der Waals surface area contributed by atoms with Gasteiger partial charge in [0.05, 0.1) is 36.2 Å². The van der Waals surface area contributed by atoms with Gasteiger partial charge in [0.15, 0.2) is 5.82 Å². The van der Waals surface area contributed by atoms with E-state index in [2.05, 4.69) is 30.9 Å². The summed E-state index contributed by atoms with van der Waals surface area (Å²) in [4.78, 5) is 24.9. The highest BCUT2D eigenvalue weighted by molar-refractivity contribution is 6.32. The van der Waals surface area contributed by atoms with Gasteiger partial charge in [-0.2, -0.15) is 0 Å². The molecule has 4 N–H and O–H groups in total. The molecule has 0 radical (unpaired) electrons. The van der Waals surface area contributed by atoms with Crippen LogP contribution < -0.4 is 16.0 Å². The van der Waals surface area contributed by atoms with E-state index in [0.29, 0.717) is 35.6 Å². The van der Waals surface area contributed by atoms with Crippen molar-refractivity contribution < 1.29 is 19.0 Å². The normalized spacial score (nSPS) is 17.6.